The summed E-state index contributed by atoms with van der Waals surface area (Å²) in [4.78, 5) is 25.6. The lowest BCUT2D eigenvalue weighted by Gasteiger charge is -2.36. The molecule has 9 nitrogen and oxygen atoms in total. The smallest absolute Gasteiger partial charge is 0.247 e. The van der Waals surface area contributed by atoms with E-state index in [1.165, 1.54) is 6.08 Å². The third-order valence-corrected chi connectivity index (χ3v) is 6.87. The van der Waals surface area contributed by atoms with Crippen molar-refractivity contribution in [3.8, 4) is 11.1 Å². The molecule has 4 aromatic rings. The first-order valence-corrected chi connectivity index (χ1v) is 13.0. The monoisotopic (exact) mass is 524 g/mol. The van der Waals surface area contributed by atoms with Crippen molar-refractivity contribution < 1.29 is 15.0 Å². The van der Waals surface area contributed by atoms with Gasteiger partial charge in [0.25, 0.3) is 0 Å². The van der Waals surface area contributed by atoms with Gasteiger partial charge in [0.05, 0.1) is 18.7 Å². The lowest BCUT2D eigenvalue weighted by atomic mass is 10.0. The summed E-state index contributed by atoms with van der Waals surface area (Å²) in [5.41, 5.74) is 5.91. The van der Waals surface area contributed by atoms with Crippen LogP contribution in [0.25, 0.3) is 22.0 Å². The number of hydrogen-bond donors (Lipinski definition) is 4. The highest BCUT2D eigenvalue weighted by Crippen LogP contribution is 2.31. The van der Waals surface area contributed by atoms with Crippen LogP contribution in [-0.4, -0.2) is 70.3 Å². The fourth-order valence-electron chi connectivity index (χ4n) is 4.89. The van der Waals surface area contributed by atoms with E-state index in [0.29, 0.717) is 18.2 Å². The zero-order valence-electron chi connectivity index (χ0n) is 21.7. The number of aliphatic hydroxyl groups excluding tert-OH is 2. The number of aliphatic hydroxyl groups is 2. The molecule has 0 atom stereocenters. The number of aromatic nitrogens is 2. The van der Waals surface area contributed by atoms with E-state index < -0.39 is 0 Å². The summed E-state index contributed by atoms with van der Waals surface area (Å²) in [6.45, 7) is 7.72. The quantitative estimate of drug-likeness (QED) is 0.245. The fourth-order valence-corrected chi connectivity index (χ4v) is 4.89. The van der Waals surface area contributed by atoms with Crippen molar-refractivity contribution >= 4 is 39.8 Å². The second-order valence-corrected chi connectivity index (χ2v) is 9.39. The Balaban J connectivity index is 1.39. The maximum absolute atomic E-state index is 11.8. The highest BCUT2D eigenvalue weighted by molar-refractivity contribution is 6.00. The topological polar surface area (TPSA) is 114 Å². The highest BCUT2D eigenvalue weighted by Gasteiger charge is 2.19. The zero-order valence-corrected chi connectivity index (χ0v) is 21.7. The van der Waals surface area contributed by atoms with Crippen molar-refractivity contribution in [3.05, 3.63) is 85.1 Å². The molecule has 1 aromatic heterocycles. The minimum atomic E-state index is -0.267. The van der Waals surface area contributed by atoms with Gasteiger partial charge in [0.15, 0.2) is 0 Å². The summed E-state index contributed by atoms with van der Waals surface area (Å²) in [7, 11) is 0. The van der Waals surface area contributed by atoms with E-state index in [1.807, 2.05) is 60.7 Å². The maximum atomic E-state index is 11.8. The Labute approximate surface area is 227 Å². The zero-order chi connectivity index (χ0) is 27.2. The van der Waals surface area contributed by atoms with Crippen LogP contribution in [0.4, 0.5) is 23.0 Å². The van der Waals surface area contributed by atoms with Crippen molar-refractivity contribution in [2.24, 2.45) is 0 Å². The Morgan fingerprint density at radius 3 is 2.59 bits per heavy atom. The lowest BCUT2D eigenvalue weighted by Crippen LogP contribution is -2.47. The normalized spacial score (nSPS) is 13.8. The fraction of sp³-hybridized carbons (Fsp3) is 0.233. The molecule has 0 radical (unpaired) electrons. The number of para-hydroxylation sites is 1. The first-order chi connectivity index (χ1) is 19.1. The second-order valence-electron chi connectivity index (χ2n) is 9.39. The number of anilines is 4. The first-order valence-electron chi connectivity index (χ1n) is 13.0. The molecular formula is C30H32N6O3. The number of fused-ring (bicyclic) bond motifs is 1. The molecule has 0 aliphatic carbocycles. The van der Waals surface area contributed by atoms with Gasteiger partial charge in [0, 0.05) is 72.5 Å². The summed E-state index contributed by atoms with van der Waals surface area (Å²) in [6, 6.07) is 19.4. The van der Waals surface area contributed by atoms with Crippen LogP contribution >= 0.6 is 0 Å². The Bertz CT molecular complexity index is 1480. The second kappa shape index (κ2) is 12.0. The van der Waals surface area contributed by atoms with Crippen molar-refractivity contribution in [2.45, 2.75) is 6.61 Å². The minimum Gasteiger partial charge on any atom is -0.395 e. The van der Waals surface area contributed by atoms with Crippen LogP contribution in [0.5, 0.6) is 0 Å². The van der Waals surface area contributed by atoms with Crippen molar-refractivity contribution in [1.29, 1.82) is 0 Å². The van der Waals surface area contributed by atoms with Crippen molar-refractivity contribution in [2.75, 3.05) is 54.9 Å². The standard InChI is InChI=1S/C30H32N6O3/c1-2-28(39)32-24-7-3-5-21(17-24)26-8-4-6-22-19-31-30(34-29(22)26)33-25-9-10-27(23(18-25)20-38)36-13-11-35(12-14-36)15-16-37/h2-10,17-19,37-38H,1,11-16,20H2,(H,32,39)(H,31,33,34). The van der Waals surface area contributed by atoms with Crippen molar-refractivity contribution in [3.63, 3.8) is 0 Å². The van der Waals surface area contributed by atoms with E-state index in [4.69, 9.17) is 4.98 Å². The molecule has 39 heavy (non-hydrogen) atoms. The van der Waals surface area contributed by atoms with Crippen LogP contribution in [0.3, 0.4) is 0 Å². The van der Waals surface area contributed by atoms with Crippen molar-refractivity contribution in [1.82, 2.24) is 14.9 Å². The lowest BCUT2D eigenvalue weighted by molar-refractivity contribution is -0.111. The van der Waals surface area contributed by atoms with E-state index in [0.717, 1.165) is 65.1 Å². The van der Waals surface area contributed by atoms with Gasteiger partial charge in [0.2, 0.25) is 11.9 Å². The Morgan fingerprint density at radius 2 is 1.82 bits per heavy atom. The molecule has 200 valence electrons. The maximum Gasteiger partial charge on any atom is 0.247 e. The molecule has 1 amide bonds. The van der Waals surface area contributed by atoms with Gasteiger partial charge in [-0.3, -0.25) is 9.69 Å². The number of nitrogens with one attached hydrogen (secondary N) is 2. The predicted molar refractivity (Wildman–Crippen MR) is 155 cm³/mol. The Hall–Kier alpha value is -4.31. The molecule has 5 rings (SSSR count). The Morgan fingerprint density at radius 1 is 1.00 bits per heavy atom. The third-order valence-electron chi connectivity index (χ3n) is 6.87. The number of carbonyl (C=O) groups is 1. The van der Waals surface area contributed by atoms with Crippen LogP contribution < -0.4 is 15.5 Å². The van der Waals surface area contributed by atoms with Gasteiger partial charge in [0.1, 0.15) is 0 Å². The largest absolute Gasteiger partial charge is 0.395 e. The summed E-state index contributed by atoms with van der Waals surface area (Å²) in [5, 5.41) is 26.3. The summed E-state index contributed by atoms with van der Waals surface area (Å²) >= 11 is 0. The van der Waals surface area contributed by atoms with E-state index in [2.05, 4.69) is 32.0 Å². The molecule has 0 saturated carbocycles. The molecular weight excluding hydrogens is 492 g/mol. The van der Waals surface area contributed by atoms with Crippen LogP contribution in [0.15, 0.2) is 79.5 Å². The molecule has 4 N–H and O–H groups in total. The van der Waals surface area contributed by atoms with Gasteiger partial charge in [-0.1, -0.05) is 36.9 Å². The number of β-amino-alcohol motifs (C(OH)–C–C–N with tert-alkyl or cyclic N) is 1. The molecule has 9 heteroatoms. The molecule has 1 fully saturated rings. The van der Waals surface area contributed by atoms with Gasteiger partial charge in [-0.15, -0.1) is 0 Å². The molecule has 0 spiro atoms. The molecule has 0 bridgehead atoms. The average molecular weight is 525 g/mol. The van der Waals surface area contributed by atoms with Gasteiger partial charge < -0.3 is 25.7 Å². The van der Waals surface area contributed by atoms with E-state index >= 15 is 0 Å². The SMILES string of the molecule is C=CC(=O)Nc1cccc(-c2cccc3cnc(Nc4ccc(N5CCN(CCO)CC5)c(CO)c4)nc23)c1. The first kappa shape index (κ1) is 26.3. The molecule has 3 aromatic carbocycles. The van der Waals surface area contributed by atoms with Gasteiger partial charge >= 0.3 is 0 Å². The van der Waals surface area contributed by atoms with Gasteiger partial charge in [-0.2, -0.15) is 0 Å². The number of rotatable bonds is 9. The molecule has 1 saturated heterocycles. The number of hydrogen-bond acceptors (Lipinski definition) is 8. The van der Waals surface area contributed by atoms with Crippen LogP contribution in [0, 0.1) is 0 Å². The van der Waals surface area contributed by atoms with E-state index in [-0.39, 0.29) is 19.1 Å². The summed E-state index contributed by atoms with van der Waals surface area (Å²) in [5.74, 6) is 0.177. The third kappa shape index (κ3) is 6.06. The van der Waals surface area contributed by atoms with Gasteiger partial charge in [-0.05, 0) is 42.0 Å². The van der Waals surface area contributed by atoms with Crippen LogP contribution in [0.1, 0.15) is 5.56 Å². The molecule has 1 aliphatic rings. The molecule has 1 aliphatic heterocycles. The van der Waals surface area contributed by atoms with Crippen LogP contribution in [0.2, 0.25) is 0 Å². The van der Waals surface area contributed by atoms with Gasteiger partial charge in [-0.25, -0.2) is 9.97 Å². The number of piperazine rings is 1. The molecule has 0 unspecified atom stereocenters. The summed E-state index contributed by atoms with van der Waals surface area (Å²) < 4.78 is 0. The number of amides is 1. The summed E-state index contributed by atoms with van der Waals surface area (Å²) in [6.07, 6.45) is 3.02. The van der Waals surface area contributed by atoms with Crippen LogP contribution in [-0.2, 0) is 11.4 Å². The number of nitrogens with zero attached hydrogens (tertiary/aromatic N) is 4. The number of benzene rings is 3. The minimum absolute atomic E-state index is 0.0802. The van der Waals surface area contributed by atoms with E-state index in [9.17, 15) is 15.0 Å². The Kier molecular flexibility index (Phi) is 8.12. The van der Waals surface area contributed by atoms with E-state index in [1.54, 1.807) is 6.20 Å². The number of carbonyl (C=O) groups excluding carboxylic acids is 1. The molecule has 2 heterocycles. The predicted octanol–water partition coefficient (Wildman–Crippen LogP) is 3.77. The average Bonchev–Trinajstić information content (AvgIpc) is 2.97. The highest BCUT2D eigenvalue weighted by atomic mass is 16.3.